The number of benzene rings is 2. The lowest BCUT2D eigenvalue weighted by atomic mass is 9.88. The van der Waals surface area contributed by atoms with Crippen molar-refractivity contribution in [2.24, 2.45) is 0 Å². The Morgan fingerprint density at radius 3 is 2.54 bits per heavy atom. The van der Waals surface area contributed by atoms with Gasteiger partial charge in [0.25, 0.3) is 0 Å². The first-order chi connectivity index (χ1) is 17.7. The maximum atomic E-state index is 14.3. The van der Waals surface area contributed by atoms with Crippen molar-refractivity contribution < 1.29 is 46.8 Å². The second-order valence-electron chi connectivity index (χ2n) is 8.73. The van der Waals surface area contributed by atoms with Gasteiger partial charge >= 0.3 is 5.97 Å². The number of aliphatic hydroxyl groups excluding tert-OH is 2. The minimum Gasteiger partial charge on any atom is -0.451 e. The van der Waals surface area contributed by atoms with Crippen LogP contribution in [0.25, 0.3) is 11.3 Å². The van der Waals surface area contributed by atoms with Gasteiger partial charge in [-0.25, -0.2) is 27.0 Å². The van der Waals surface area contributed by atoms with E-state index in [1.54, 1.807) is 0 Å². The van der Waals surface area contributed by atoms with Crippen LogP contribution in [0.5, 0.6) is 0 Å². The molecule has 0 bridgehead atoms. The van der Waals surface area contributed by atoms with Crippen LogP contribution in [0.4, 0.5) is 17.6 Å². The normalized spacial score (nSPS) is 27.5. The van der Waals surface area contributed by atoms with Gasteiger partial charge in [0.2, 0.25) is 5.79 Å². The molecule has 0 saturated carbocycles. The molecule has 1 aromatic heterocycles. The van der Waals surface area contributed by atoms with E-state index < -0.39 is 66.0 Å². The smallest absolute Gasteiger partial charge is 0.341 e. The minimum atomic E-state index is -1.65. The number of carbonyl (C=O) groups is 1. The number of hydrogen-bond acceptors (Lipinski definition) is 8. The molecule has 0 aliphatic carbocycles. The second-order valence-corrected chi connectivity index (χ2v) is 8.73. The fourth-order valence-corrected chi connectivity index (χ4v) is 4.67. The lowest BCUT2D eigenvalue weighted by Gasteiger charge is -2.48. The molecule has 5 atom stereocenters. The third-order valence-electron chi connectivity index (χ3n) is 6.44. The monoisotopic (exact) mass is 523 g/mol. The quantitative estimate of drug-likeness (QED) is 0.298. The van der Waals surface area contributed by atoms with E-state index in [1.807, 2.05) is 0 Å². The summed E-state index contributed by atoms with van der Waals surface area (Å²) in [7, 11) is 0. The Morgan fingerprint density at radius 2 is 1.89 bits per heavy atom. The molecule has 9 nitrogen and oxygen atoms in total. The van der Waals surface area contributed by atoms with Crippen LogP contribution >= 0.6 is 0 Å². The molecule has 37 heavy (non-hydrogen) atoms. The van der Waals surface area contributed by atoms with E-state index in [0.29, 0.717) is 6.42 Å². The number of halogens is 4. The molecule has 13 heteroatoms. The van der Waals surface area contributed by atoms with Gasteiger partial charge in [-0.2, -0.15) is 0 Å². The molecule has 5 rings (SSSR count). The van der Waals surface area contributed by atoms with Gasteiger partial charge in [-0.05, 0) is 30.7 Å². The molecule has 196 valence electrons. The van der Waals surface area contributed by atoms with Crippen molar-refractivity contribution in [3.63, 3.8) is 0 Å². The summed E-state index contributed by atoms with van der Waals surface area (Å²) in [5, 5.41) is 28.7. The van der Waals surface area contributed by atoms with E-state index in [-0.39, 0.29) is 29.8 Å². The first-order valence-electron chi connectivity index (χ1n) is 11.4. The van der Waals surface area contributed by atoms with Gasteiger partial charge in [0.15, 0.2) is 23.6 Å². The number of hydrogen-bond donors (Lipinski definition) is 2. The van der Waals surface area contributed by atoms with Crippen molar-refractivity contribution >= 4 is 5.97 Å². The van der Waals surface area contributed by atoms with Gasteiger partial charge in [-0.3, -0.25) is 0 Å². The van der Waals surface area contributed by atoms with E-state index in [0.717, 1.165) is 22.9 Å². The summed E-state index contributed by atoms with van der Waals surface area (Å²) in [4.78, 5) is 13.0. The van der Waals surface area contributed by atoms with E-state index in [1.165, 1.54) is 24.4 Å². The number of rotatable bonds is 5. The van der Waals surface area contributed by atoms with Gasteiger partial charge in [-0.15, -0.1) is 5.10 Å². The maximum absolute atomic E-state index is 14.3. The molecule has 0 radical (unpaired) electrons. The number of carbonyl (C=O) groups excluding carboxylic acids is 1. The van der Waals surface area contributed by atoms with Crippen molar-refractivity contribution in [2.75, 3.05) is 13.2 Å². The van der Waals surface area contributed by atoms with Crippen LogP contribution in [0.15, 0.2) is 42.6 Å². The van der Waals surface area contributed by atoms with Crippen molar-refractivity contribution in [1.82, 2.24) is 15.0 Å². The Balaban J connectivity index is 1.56. The molecule has 2 fully saturated rings. The van der Waals surface area contributed by atoms with Crippen molar-refractivity contribution in [1.29, 1.82) is 0 Å². The van der Waals surface area contributed by atoms with Gasteiger partial charge in [0, 0.05) is 12.0 Å². The molecule has 3 heterocycles. The molecule has 3 aromatic rings. The van der Waals surface area contributed by atoms with E-state index in [9.17, 15) is 32.6 Å². The summed E-state index contributed by atoms with van der Waals surface area (Å²) in [5.74, 6) is -8.04. The molecule has 2 saturated heterocycles. The first kappa shape index (κ1) is 25.3. The van der Waals surface area contributed by atoms with Crippen LogP contribution in [0.1, 0.15) is 29.2 Å². The lowest BCUT2D eigenvalue weighted by Crippen LogP contribution is -2.63. The van der Waals surface area contributed by atoms with Crippen LogP contribution < -0.4 is 0 Å². The highest BCUT2D eigenvalue weighted by Crippen LogP contribution is 2.45. The minimum absolute atomic E-state index is 0.0855. The predicted octanol–water partition coefficient (Wildman–Crippen LogP) is 2.53. The number of aliphatic hydroxyl groups is 2. The van der Waals surface area contributed by atoms with Crippen LogP contribution in [0.2, 0.25) is 0 Å². The second kappa shape index (κ2) is 9.82. The van der Waals surface area contributed by atoms with Crippen LogP contribution in [0.3, 0.4) is 0 Å². The third kappa shape index (κ3) is 4.48. The largest absolute Gasteiger partial charge is 0.451 e. The van der Waals surface area contributed by atoms with Crippen molar-refractivity contribution in [3.05, 3.63) is 71.4 Å². The zero-order valence-corrected chi connectivity index (χ0v) is 19.1. The summed E-state index contributed by atoms with van der Waals surface area (Å²) in [5.41, 5.74) is -0.600. The Morgan fingerprint density at radius 1 is 1.16 bits per heavy atom. The van der Waals surface area contributed by atoms with Crippen molar-refractivity contribution in [3.8, 4) is 11.3 Å². The summed E-state index contributed by atoms with van der Waals surface area (Å²) < 4.78 is 73.7. The molecule has 2 aliphatic rings. The average molecular weight is 523 g/mol. The number of aromatic nitrogens is 3. The highest BCUT2D eigenvalue weighted by atomic mass is 19.2. The molecule has 0 amide bonds. The molecule has 2 aromatic carbocycles. The SMILES string of the molecule is O=C(O[C@@H]1[C@@H](n2cc(-c3cc(F)c(F)c(F)c3)nn2)[C@@H](O)[C@@H](CO)O[C@@]12CCCO2)c1ccccc1F. The van der Waals surface area contributed by atoms with Gasteiger partial charge in [0.05, 0.1) is 25.0 Å². The third-order valence-corrected chi connectivity index (χ3v) is 6.44. The zero-order valence-electron chi connectivity index (χ0n) is 19.1. The molecule has 2 N–H and O–H groups in total. The fraction of sp³-hybridized carbons (Fsp3) is 0.375. The molecule has 1 spiro atoms. The van der Waals surface area contributed by atoms with E-state index >= 15 is 0 Å². The highest BCUT2D eigenvalue weighted by molar-refractivity contribution is 5.89. The van der Waals surface area contributed by atoms with Crippen LogP contribution in [0, 0.1) is 23.3 Å². The maximum Gasteiger partial charge on any atom is 0.341 e. The Labute approximate surface area is 207 Å². The highest BCUT2D eigenvalue weighted by Gasteiger charge is 2.60. The van der Waals surface area contributed by atoms with Gasteiger partial charge in [-0.1, -0.05) is 17.3 Å². The molecular formula is C24H21F4N3O6. The summed E-state index contributed by atoms with van der Waals surface area (Å²) >= 11 is 0. The molecular weight excluding hydrogens is 502 g/mol. The topological polar surface area (TPSA) is 116 Å². The number of ether oxygens (including phenoxy) is 3. The lowest BCUT2D eigenvalue weighted by molar-refractivity contribution is -0.337. The summed E-state index contributed by atoms with van der Waals surface area (Å²) in [6.07, 6.45) is -2.24. The molecule has 0 unspecified atom stereocenters. The Hall–Kier alpha value is -3.39. The summed E-state index contributed by atoms with van der Waals surface area (Å²) in [6, 6.07) is 5.30. The van der Waals surface area contributed by atoms with Crippen molar-refractivity contribution in [2.45, 2.75) is 43.0 Å². The number of esters is 1. The van der Waals surface area contributed by atoms with Gasteiger partial charge < -0.3 is 24.4 Å². The van der Waals surface area contributed by atoms with Crippen LogP contribution in [-0.2, 0) is 14.2 Å². The van der Waals surface area contributed by atoms with E-state index in [4.69, 9.17) is 14.2 Å². The van der Waals surface area contributed by atoms with E-state index in [2.05, 4.69) is 10.3 Å². The fourth-order valence-electron chi connectivity index (χ4n) is 4.67. The standard InChI is InChI=1S/C24H21F4N3O6/c25-14-5-2-1-4-13(14)23(34)36-22-20(21(33)18(11-32)37-24(22)6-3-7-35-24)31-10-17(29-30-31)12-8-15(26)19(28)16(27)9-12/h1-2,4-5,8-10,18,20-22,32-33H,3,6-7,11H2/t18-,20+,21+,22-,24+/m1/s1. The summed E-state index contributed by atoms with van der Waals surface area (Å²) in [6.45, 7) is -0.419. The average Bonchev–Trinajstić information content (AvgIpc) is 3.55. The first-order valence-corrected chi connectivity index (χ1v) is 11.4. The number of nitrogens with zero attached hydrogens (tertiary/aromatic N) is 3. The molecule has 2 aliphatic heterocycles. The predicted molar refractivity (Wildman–Crippen MR) is 116 cm³/mol. The van der Waals surface area contributed by atoms with Crippen LogP contribution in [-0.4, -0.2) is 68.5 Å². The Kier molecular flexibility index (Phi) is 6.70. The van der Waals surface area contributed by atoms with Gasteiger partial charge in [0.1, 0.15) is 29.8 Å². The Bertz CT molecular complexity index is 1290. The zero-order chi connectivity index (χ0) is 26.3.